The van der Waals surface area contributed by atoms with Crippen LogP contribution in [-0.4, -0.2) is 24.9 Å². The zero-order valence-corrected chi connectivity index (χ0v) is 12.0. The Morgan fingerprint density at radius 3 is 2.83 bits per heavy atom. The van der Waals surface area contributed by atoms with E-state index in [-0.39, 0.29) is 5.97 Å². The maximum Gasteiger partial charge on any atom is 0.306 e. The molecule has 0 unspecified atom stereocenters. The summed E-state index contributed by atoms with van der Waals surface area (Å²) in [4.78, 5) is 10.9. The van der Waals surface area contributed by atoms with Gasteiger partial charge in [-0.05, 0) is 12.1 Å². The average Bonchev–Trinajstić information content (AvgIpc) is 2.79. The normalized spacial score (nSPS) is 10.9. The van der Waals surface area contributed by atoms with Crippen molar-refractivity contribution < 1.29 is 13.9 Å². The molecule has 0 aliphatic heterocycles. The third kappa shape index (κ3) is 6.12. The highest BCUT2D eigenvalue weighted by atomic mass is 32.2. The third-order valence-electron chi connectivity index (χ3n) is 2.32. The quantitative estimate of drug-likeness (QED) is 0.582. The Morgan fingerprint density at radius 2 is 2.17 bits per heavy atom. The second-order valence-electron chi connectivity index (χ2n) is 4.28. The molecule has 1 N–H and O–H groups in total. The van der Waals surface area contributed by atoms with Crippen molar-refractivity contribution >= 4 is 17.7 Å². The predicted molar refractivity (Wildman–Crippen MR) is 73.5 cm³/mol. The Morgan fingerprint density at radius 1 is 1.44 bits per heavy atom. The van der Waals surface area contributed by atoms with E-state index in [0.29, 0.717) is 12.5 Å². The number of carbonyl (C=O) groups excluding carboxylic acids is 1. The molecule has 0 bridgehead atoms. The van der Waals surface area contributed by atoms with Crippen LogP contribution in [0.5, 0.6) is 0 Å². The molecule has 0 fully saturated rings. The van der Waals surface area contributed by atoms with Crippen LogP contribution >= 0.6 is 11.8 Å². The van der Waals surface area contributed by atoms with Gasteiger partial charge in [-0.15, -0.1) is 0 Å². The Kier molecular flexibility index (Phi) is 6.90. The molecule has 0 amide bonds. The number of esters is 1. The van der Waals surface area contributed by atoms with E-state index in [2.05, 4.69) is 23.9 Å². The van der Waals surface area contributed by atoms with Crippen LogP contribution in [0.2, 0.25) is 0 Å². The van der Waals surface area contributed by atoms with Crippen molar-refractivity contribution in [2.45, 2.75) is 38.6 Å². The fourth-order valence-corrected chi connectivity index (χ4v) is 2.14. The SMILES string of the molecule is COC(=O)CCSCc1ccc(CNC(C)C)o1. The number of nitrogens with one attached hydrogen (secondary N) is 1. The van der Waals surface area contributed by atoms with Gasteiger partial charge in [-0.1, -0.05) is 13.8 Å². The maximum absolute atomic E-state index is 10.9. The summed E-state index contributed by atoms with van der Waals surface area (Å²) >= 11 is 1.67. The molecule has 1 heterocycles. The molecule has 0 atom stereocenters. The molecule has 102 valence electrons. The lowest BCUT2D eigenvalue weighted by atomic mass is 10.3. The average molecular weight is 271 g/mol. The van der Waals surface area contributed by atoms with Crippen LogP contribution in [-0.2, 0) is 21.8 Å². The molecule has 0 spiro atoms. The summed E-state index contributed by atoms with van der Waals surface area (Å²) in [5, 5.41) is 3.30. The third-order valence-corrected chi connectivity index (χ3v) is 3.31. The summed E-state index contributed by atoms with van der Waals surface area (Å²) in [5.41, 5.74) is 0. The number of thioether (sulfide) groups is 1. The lowest BCUT2D eigenvalue weighted by Gasteiger charge is -2.05. The minimum atomic E-state index is -0.163. The predicted octanol–water partition coefficient (Wildman–Crippen LogP) is 2.57. The van der Waals surface area contributed by atoms with E-state index in [4.69, 9.17) is 4.42 Å². The van der Waals surface area contributed by atoms with Crippen molar-refractivity contribution in [3.63, 3.8) is 0 Å². The van der Waals surface area contributed by atoms with E-state index < -0.39 is 0 Å². The lowest BCUT2D eigenvalue weighted by Crippen LogP contribution is -2.21. The number of rotatable bonds is 8. The highest BCUT2D eigenvalue weighted by molar-refractivity contribution is 7.98. The Hall–Kier alpha value is -0.940. The van der Waals surface area contributed by atoms with Gasteiger partial charge < -0.3 is 14.5 Å². The first-order valence-electron chi connectivity index (χ1n) is 6.07. The van der Waals surface area contributed by atoms with Crippen molar-refractivity contribution in [3.05, 3.63) is 23.7 Å². The van der Waals surface area contributed by atoms with Crippen LogP contribution in [0.4, 0.5) is 0 Å². The number of methoxy groups -OCH3 is 1. The van der Waals surface area contributed by atoms with E-state index in [1.165, 1.54) is 7.11 Å². The second kappa shape index (κ2) is 8.21. The maximum atomic E-state index is 10.9. The van der Waals surface area contributed by atoms with Crippen LogP contribution in [0.15, 0.2) is 16.5 Å². The molecule has 18 heavy (non-hydrogen) atoms. The van der Waals surface area contributed by atoms with Gasteiger partial charge in [-0.3, -0.25) is 4.79 Å². The summed E-state index contributed by atoms with van der Waals surface area (Å²) < 4.78 is 10.2. The molecule has 0 aliphatic carbocycles. The largest absolute Gasteiger partial charge is 0.469 e. The Labute approximate surface area is 112 Å². The van der Waals surface area contributed by atoms with Gasteiger partial charge in [0.15, 0.2) is 0 Å². The minimum absolute atomic E-state index is 0.163. The van der Waals surface area contributed by atoms with Crippen LogP contribution in [0, 0.1) is 0 Å². The molecule has 1 aromatic rings. The lowest BCUT2D eigenvalue weighted by molar-refractivity contribution is -0.140. The Balaban J connectivity index is 2.20. The van der Waals surface area contributed by atoms with Gasteiger partial charge in [0.1, 0.15) is 11.5 Å². The molecular weight excluding hydrogens is 250 g/mol. The van der Waals surface area contributed by atoms with Crippen molar-refractivity contribution in [2.75, 3.05) is 12.9 Å². The van der Waals surface area contributed by atoms with Crippen molar-refractivity contribution in [1.29, 1.82) is 0 Å². The van der Waals surface area contributed by atoms with E-state index >= 15 is 0 Å². The fraction of sp³-hybridized carbons (Fsp3) is 0.615. The summed E-state index contributed by atoms with van der Waals surface area (Å²) in [6.07, 6.45) is 0.448. The first-order chi connectivity index (χ1) is 8.61. The monoisotopic (exact) mass is 271 g/mol. The number of furan rings is 1. The molecule has 0 saturated heterocycles. The van der Waals surface area contributed by atoms with Gasteiger partial charge >= 0.3 is 5.97 Å². The molecule has 1 aromatic heterocycles. The molecule has 1 rings (SSSR count). The highest BCUT2D eigenvalue weighted by Gasteiger charge is 2.04. The van der Waals surface area contributed by atoms with Gasteiger partial charge in [-0.25, -0.2) is 0 Å². The molecule has 5 heteroatoms. The van der Waals surface area contributed by atoms with E-state index in [0.717, 1.165) is 29.6 Å². The summed E-state index contributed by atoms with van der Waals surface area (Å²) in [7, 11) is 1.41. The summed E-state index contributed by atoms with van der Waals surface area (Å²) in [6.45, 7) is 4.96. The van der Waals surface area contributed by atoms with Crippen LogP contribution in [0.1, 0.15) is 31.8 Å². The standard InChI is InChI=1S/C13H21NO3S/c1-10(2)14-8-11-4-5-12(17-11)9-18-7-6-13(15)16-3/h4-5,10,14H,6-9H2,1-3H3. The first-order valence-corrected chi connectivity index (χ1v) is 7.23. The van der Waals surface area contributed by atoms with Crippen molar-refractivity contribution in [1.82, 2.24) is 5.32 Å². The molecule has 0 aromatic carbocycles. The molecule has 4 nitrogen and oxygen atoms in total. The zero-order chi connectivity index (χ0) is 13.4. The Bertz CT molecular complexity index is 363. The highest BCUT2D eigenvalue weighted by Crippen LogP contribution is 2.16. The fourth-order valence-electron chi connectivity index (χ4n) is 1.33. The van der Waals surface area contributed by atoms with Gasteiger partial charge in [0.2, 0.25) is 0 Å². The molecule has 0 radical (unpaired) electrons. The summed E-state index contributed by atoms with van der Waals surface area (Å²) in [6, 6.07) is 4.43. The molecular formula is C13H21NO3S. The minimum Gasteiger partial charge on any atom is -0.469 e. The van der Waals surface area contributed by atoms with Gasteiger partial charge in [0, 0.05) is 11.8 Å². The zero-order valence-electron chi connectivity index (χ0n) is 11.2. The van der Waals surface area contributed by atoms with Gasteiger partial charge in [-0.2, -0.15) is 11.8 Å². The van der Waals surface area contributed by atoms with E-state index in [9.17, 15) is 4.79 Å². The van der Waals surface area contributed by atoms with Crippen LogP contribution in [0.3, 0.4) is 0 Å². The number of ether oxygens (including phenoxy) is 1. The first kappa shape index (κ1) is 15.1. The molecule has 0 aliphatic rings. The number of carbonyl (C=O) groups is 1. The smallest absolute Gasteiger partial charge is 0.306 e. The van der Waals surface area contributed by atoms with E-state index in [1.54, 1.807) is 11.8 Å². The van der Waals surface area contributed by atoms with Gasteiger partial charge in [0.25, 0.3) is 0 Å². The summed E-state index contributed by atoms with van der Waals surface area (Å²) in [5.74, 6) is 3.28. The number of hydrogen-bond acceptors (Lipinski definition) is 5. The van der Waals surface area contributed by atoms with Gasteiger partial charge in [0.05, 0.1) is 25.8 Å². The van der Waals surface area contributed by atoms with Crippen LogP contribution < -0.4 is 5.32 Å². The van der Waals surface area contributed by atoms with Crippen molar-refractivity contribution in [3.8, 4) is 0 Å². The molecule has 0 saturated carbocycles. The second-order valence-corrected chi connectivity index (χ2v) is 5.39. The van der Waals surface area contributed by atoms with Crippen LogP contribution in [0.25, 0.3) is 0 Å². The topological polar surface area (TPSA) is 51.5 Å². The number of hydrogen-bond donors (Lipinski definition) is 1. The van der Waals surface area contributed by atoms with Crippen molar-refractivity contribution in [2.24, 2.45) is 0 Å². The van der Waals surface area contributed by atoms with E-state index in [1.807, 2.05) is 12.1 Å².